The van der Waals surface area contributed by atoms with Gasteiger partial charge in [0.15, 0.2) is 0 Å². The minimum atomic E-state index is -0.446. The number of halogens is 1. The summed E-state index contributed by atoms with van der Waals surface area (Å²) in [7, 11) is 0. The van der Waals surface area contributed by atoms with E-state index < -0.39 is 5.82 Å². The molecule has 17 heavy (non-hydrogen) atoms. The first-order chi connectivity index (χ1) is 8.20. The van der Waals surface area contributed by atoms with E-state index in [0.717, 1.165) is 19.3 Å². The Balaban J connectivity index is 1.94. The van der Waals surface area contributed by atoms with Crippen molar-refractivity contribution in [3.63, 3.8) is 0 Å². The minimum Gasteiger partial charge on any atom is -0.352 e. The fourth-order valence-electron chi connectivity index (χ4n) is 1.76. The Morgan fingerprint density at radius 2 is 2.29 bits per heavy atom. The van der Waals surface area contributed by atoms with Crippen LogP contribution in [0.25, 0.3) is 0 Å². The fourth-order valence-corrected chi connectivity index (χ4v) is 1.76. The van der Waals surface area contributed by atoms with Gasteiger partial charge in [-0.05, 0) is 25.0 Å². The van der Waals surface area contributed by atoms with Gasteiger partial charge in [0.25, 0.3) is 0 Å². The smallest absolute Gasteiger partial charge is 0.223 e. The number of hydrogen-bond acceptors (Lipinski definition) is 2. The first kappa shape index (κ1) is 11.6. The standard InChI is InChI=1S/C13H13FN2O/c14-12-6-9(7-15)4-5-11(12)8-16-13(17)10-2-1-3-10/h4-6,10H,1-3,8H2,(H,16,17). The van der Waals surface area contributed by atoms with Crippen molar-refractivity contribution >= 4 is 5.91 Å². The molecule has 1 aromatic carbocycles. The number of amides is 1. The van der Waals surface area contributed by atoms with Crippen LogP contribution in [0.2, 0.25) is 0 Å². The monoisotopic (exact) mass is 232 g/mol. The lowest BCUT2D eigenvalue weighted by atomic mass is 9.85. The lowest BCUT2D eigenvalue weighted by molar-refractivity contribution is -0.127. The zero-order valence-electron chi connectivity index (χ0n) is 9.37. The number of nitrogens with one attached hydrogen (secondary N) is 1. The molecule has 1 N–H and O–H groups in total. The Bertz CT molecular complexity index is 475. The van der Waals surface area contributed by atoms with Gasteiger partial charge >= 0.3 is 0 Å². The Hall–Kier alpha value is -1.89. The number of carbonyl (C=O) groups is 1. The third-order valence-electron chi connectivity index (χ3n) is 3.11. The summed E-state index contributed by atoms with van der Waals surface area (Å²) in [4.78, 5) is 11.5. The van der Waals surface area contributed by atoms with E-state index in [1.165, 1.54) is 12.1 Å². The molecular formula is C13H13FN2O. The number of benzene rings is 1. The van der Waals surface area contributed by atoms with Crippen LogP contribution in [-0.2, 0) is 11.3 Å². The highest BCUT2D eigenvalue weighted by Gasteiger charge is 2.24. The van der Waals surface area contributed by atoms with Gasteiger partial charge < -0.3 is 5.32 Å². The molecule has 1 aromatic rings. The number of hydrogen-bond donors (Lipinski definition) is 1. The van der Waals surface area contributed by atoms with Gasteiger partial charge in [-0.15, -0.1) is 0 Å². The zero-order chi connectivity index (χ0) is 12.3. The Morgan fingerprint density at radius 3 is 2.82 bits per heavy atom. The molecule has 0 heterocycles. The SMILES string of the molecule is N#Cc1ccc(CNC(=O)C2CCC2)c(F)c1. The molecule has 0 bridgehead atoms. The third kappa shape index (κ3) is 2.62. The average molecular weight is 232 g/mol. The van der Waals surface area contributed by atoms with Crippen molar-refractivity contribution in [2.75, 3.05) is 0 Å². The van der Waals surface area contributed by atoms with Crippen LogP contribution in [0.4, 0.5) is 4.39 Å². The summed E-state index contributed by atoms with van der Waals surface area (Å²) in [6, 6.07) is 6.14. The highest BCUT2D eigenvalue weighted by atomic mass is 19.1. The van der Waals surface area contributed by atoms with Gasteiger partial charge in [0.05, 0.1) is 11.6 Å². The van der Waals surface area contributed by atoms with Gasteiger partial charge in [0.1, 0.15) is 5.82 Å². The second-order valence-corrected chi connectivity index (χ2v) is 4.26. The maximum absolute atomic E-state index is 13.5. The van der Waals surface area contributed by atoms with Crippen LogP contribution in [0.3, 0.4) is 0 Å². The summed E-state index contributed by atoms with van der Waals surface area (Å²) in [6.07, 6.45) is 2.96. The topological polar surface area (TPSA) is 52.9 Å². The van der Waals surface area contributed by atoms with E-state index in [-0.39, 0.29) is 23.9 Å². The molecule has 0 atom stereocenters. The Labute approximate surface area is 99.2 Å². The van der Waals surface area contributed by atoms with Gasteiger partial charge in [-0.25, -0.2) is 4.39 Å². The first-order valence-electron chi connectivity index (χ1n) is 5.67. The largest absolute Gasteiger partial charge is 0.352 e. The molecule has 88 valence electrons. The Kier molecular flexibility index (Phi) is 3.38. The molecule has 0 saturated heterocycles. The lowest BCUT2D eigenvalue weighted by Crippen LogP contribution is -2.34. The molecular weight excluding hydrogens is 219 g/mol. The summed E-state index contributed by atoms with van der Waals surface area (Å²) in [5.41, 5.74) is 0.702. The van der Waals surface area contributed by atoms with Crippen molar-refractivity contribution in [1.82, 2.24) is 5.32 Å². The van der Waals surface area contributed by atoms with E-state index in [2.05, 4.69) is 5.32 Å². The molecule has 2 rings (SSSR count). The molecule has 1 fully saturated rings. The van der Waals surface area contributed by atoms with Crippen molar-refractivity contribution in [1.29, 1.82) is 5.26 Å². The average Bonchev–Trinajstić information content (AvgIpc) is 2.25. The highest BCUT2D eigenvalue weighted by Crippen LogP contribution is 2.26. The molecule has 0 aliphatic heterocycles. The zero-order valence-corrected chi connectivity index (χ0v) is 9.37. The van der Waals surface area contributed by atoms with Gasteiger partial charge in [0, 0.05) is 18.0 Å². The molecule has 0 spiro atoms. The fraction of sp³-hybridized carbons (Fsp3) is 0.385. The number of carbonyl (C=O) groups excluding carboxylic acids is 1. The normalized spacial score (nSPS) is 14.8. The van der Waals surface area contributed by atoms with Gasteiger partial charge in [-0.3, -0.25) is 4.79 Å². The quantitative estimate of drug-likeness (QED) is 0.867. The van der Waals surface area contributed by atoms with Crippen LogP contribution in [0.15, 0.2) is 18.2 Å². The minimum absolute atomic E-state index is 0.00000900. The van der Waals surface area contributed by atoms with E-state index in [1.807, 2.05) is 6.07 Å². The number of nitrogens with zero attached hydrogens (tertiary/aromatic N) is 1. The summed E-state index contributed by atoms with van der Waals surface area (Å²) >= 11 is 0. The van der Waals surface area contributed by atoms with Crippen molar-refractivity contribution < 1.29 is 9.18 Å². The molecule has 0 unspecified atom stereocenters. The van der Waals surface area contributed by atoms with Crippen molar-refractivity contribution in [3.8, 4) is 6.07 Å². The third-order valence-corrected chi connectivity index (χ3v) is 3.11. The lowest BCUT2D eigenvalue weighted by Gasteiger charge is -2.24. The summed E-state index contributed by atoms with van der Waals surface area (Å²) in [5, 5.41) is 11.3. The van der Waals surface area contributed by atoms with E-state index in [0.29, 0.717) is 5.56 Å². The molecule has 1 aliphatic carbocycles. The van der Waals surface area contributed by atoms with Crippen LogP contribution in [0.5, 0.6) is 0 Å². The maximum atomic E-state index is 13.5. The molecule has 1 amide bonds. The molecule has 1 saturated carbocycles. The van der Waals surface area contributed by atoms with E-state index in [4.69, 9.17) is 5.26 Å². The van der Waals surface area contributed by atoms with Crippen LogP contribution in [0.1, 0.15) is 30.4 Å². The summed E-state index contributed by atoms with van der Waals surface area (Å²) in [6.45, 7) is 0.187. The van der Waals surface area contributed by atoms with Crippen molar-refractivity contribution in [3.05, 3.63) is 35.1 Å². The Morgan fingerprint density at radius 1 is 1.53 bits per heavy atom. The molecule has 1 aliphatic rings. The predicted octanol–water partition coefficient (Wildman–Crippen LogP) is 2.11. The van der Waals surface area contributed by atoms with E-state index in [1.54, 1.807) is 6.07 Å². The molecule has 0 radical (unpaired) electrons. The maximum Gasteiger partial charge on any atom is 0.223 e. The second kappa shape index (κ2) is 4.96. The number of rotatable bonds is 3. The van der Waals surface area contributed by atoms with Gasteiger partial charge in [-0.1, -0.05) is 12.5 Å². The van der Waals surface area contributed by atoms with Crippen LogP contribution in [-0.4, -0.2) is 5.91 Å². The molecule has 0 aromatic heterocycles. The summed E-state index contributed by atoms with van der Waals surface area (Å²) in [5.74, 6) is -0.339. The van der Waals surface area contributed by atoms with Gasteiger partial charge in [-0.2, -0.15) is 5.26 Å². The van der Waals surface area contributed by atoms with Crippen LogP contribution < -0.4 is 5.32 Å². The predicted molar refractivity (Wildman–Crippen MR) is 60.3 cm³/mol. The van der Waals surface area contributed by atoms with Crippen molar-refractivity contribution in [2.45, 2.75) is 25.8 Å². The highest BCUT2D eigenvalue weighted by molar-refractivity contribution is 5.79. The van der Waals surface area contributed by atoms with Gasteiger partial charge in [0.2, 0.25) is 5.91 Å². The first-order valence-corrected chi connectivity index (χ1v) is 5.67. The summed E-state index contributed by atoms with van der Waals surface area (Å²) < 4.78 is 13.5. The van der Waals surface area contributed by atoms with Crippen LogP contribution >= 0.6 is 0 Å². The van der Waals surface area contributed by atoms with Crippen LogP contribution in [0, 0.1) is 23.1 Å². The van der Waals surface area contributed by atoms with E-state index >= 15 is 0 Å². The number of nitriles is 1. The van der Waals surface area contributed by atoms with Crippen molar-refractivity contribution in [2.24, 2.45) is 5.92 Å². The molecule has 4 heteroatoms. The van der Waals surface area contributed by atoms with E-state index in [9.17, 15) is 9.18 Å². The second-order valence-electron chi connectivity index (χ2n) is 4.26. The molecule has 3 nitrogen and oxygen atoms in total.